The van der Waals surface area contributed by atoms with Gasteiger partial charge in [-0.2, -0.15) is 0 Å². The summed E-state index contributed by atoms with van der Waals surface area (Å²) in [6.07, 6.45) is 0.429. The lowest BCUT2D eigenvalue weighted by Crippen LogP contribution is -2.50. The van der Waals surface area contributed by atoms with Crippen molar-refractivity contribution in [2.75, 3.05) is 46.0 Å². The van der Waals surface area contributed by atoms with E-state index in [2.05, 4.69) is 10.2 Å². The normalized spacial score (nSPS) is 18.4. The van der Waals surface area contributed by atoms with Crippen LogP contribution in [0, 0.1) is 0 Å². The van der Waals surface area contributed by atoms with E-state index in [4.69, 9.17) is 14.3 Å². The molecule has 1 amide bonds. The summed E-state index contributed by atoms with van der Waals surface area (Å²) in [5.41, 5.74) is 0.799. The molecule has 1 heterocycles. The minimum Gasteiger partial charge on any atom is -0.492 e. The van der Waals surface area contributed by atoms with Crippen LogP contribution in [0.5, 0.6) is 5.75 Å². The molecule has 2 aromatic carbocycles. The van der Waals surface area contributed by atoms with Gasteiger partial charge in [-0.25, -0.2) is 13.2 Å². The van der Waals surface area contributed by atoms with Gasteiger partial charge in [0, 0.05) is 25.7 Å². The van der Waals surface area contributed by atoms with Crippen molar-refractivity contribution in [2.24, 2.45) is 0 Å². The molecule has 2 aliphatic rings. The summed E-state index contributed by atoms with van der Waals surface area (Å²) in [4.78, 5) is 19.6. The molecular weight excluding hydrogens is 538 g/mol. The van der Waals surface area contributed by atoms with Crippen LogP contribution in [-0.2, 0) is 26.0 Å². The monoisotopic (exact) mass is 577 g/mol. The zero-order valence-electron chi connectivity index (χ0n) is 22.6. The predicted octanol–water partition coefficient (Wildman–Crippen LogP) is 2.50. The first-order valence-electron chi connectivity index (χ1n) is 13.7. The maximum atomic E-state index is 13.8. The number of ether oxygens (including phenoxy) is 2. The molecule has 3 N–H and O–H groups in total. The van der Waals surface area contributed by atoms with E-state index in [9.17, 15) is 23.4 Å². The number of aliphatic hydroxyl groups is 1. The van der Waals surface area contributed by atoms with Crippen LogP contribution in [-0.4, -0.2) is 98.3 Å². The van der Waals surface area contributed by atoms with Crippen LogP contribution in [0.25, 0.3) is 0 Å². The zero-order chi connectivity index (χ0) is 28.4. The molecule has 0 bridgehead atoms. The highest BCUT2D eigenvalue weighted by atomic mass is 32.2. The Hall–Kier alpha value is -2.74. The molecule has 1 aliphatic carbocycles. The number of morpholine rings is 1. The van der Waals surface area contributed by atoms with E-state index in [1.165, 1.54) is 12.1 Å². The Morgan fingerprint density at radius 2 is 1.82 bits per heavy atom. The van der Waals surface area contributed by atoms with Gasteiger partial charge in [0.2, 0.25) is 0 Å². The molecule has 1 saturated carbocycles. The minimum absolute atomic E-state index is 0.0348. The minimum atomic E-state index is -4.22. The summed E-state index contributed by atoms with van der Waals surface area (Å²) in [5.74, 6) is 0.408. The zero-order valence-corrected chi connectivity index (χ0v) is 23.4. The first kappa shape index (κ1) is 30.2. The number of carbonyl (C=O) groups is 1. The first-order chi connectivity index (χ1) is 19.3. The van der Waals surface area contributed by atoms with Gasteiger partial charge in [-0.1, -0.05) is 53.7 Å². The van der Waals surface area contributed by atoms with Crippen LogP contribution < -0.4 is 10.1 Å². The summed E-state index contributed by atoms with van der Waals surface area (Å²) in [7, 11) is -4.22. The maximum absolute atomic E-state index is 13.8. The second kappa shape index (κ2) is 14.8. The SMILES string of the molecule is O=C(O)N[C@@H](Cc1ccccc1)[C@H](O)CN(OC1CCCC1)S(=O)(=O)c1cccc(OCCN2CCOCC2)c1. The van der Waals surface area contributed by atoms with Crippen LogP contribution in [0.15, 0.2) is 59.5 Å². The highest BCUT2D eigenvalue weighted by molar-refractivity contribution is 7.89. The average Bonchev–Trinajstić information content (AvgIpc) is 3.47. The maximum Gasteiger partial charge on any atom is 0.404 e. The summed E-state index contributed by atoms with van der Waals surface area (Å²) in [6.45, 7) is 3.68. The molecule has 12 heteroatoms. The predicted molar refractivity (Wildman–Crippen MR) is 148 cm³/mol. The third kappa shape index (κ3) is 8.88. The van der Waals surface area contributed by atoms with Gasteiger partial charge in [-0.05, 0) is 37.0 Å². The highest BCUT2D eigenvalue weighted by Crippen LogP contribution is 2.27. The smallest absolute Gasteiger partial charge is 0.404 e. The van der Waals surface area contributed by atoms with Gasteiger partial charge in [0.1, 0.15) is 12.4 Å². The molecule has 1 saturated heterocycles. The Labute approximate surface area is 235 Å². The van der Waals surface area contributed by atoms with Crippen molar-refractivity contribution < 1.29 is 37.7 Å². The second-order valence-corrected chi connectivity index (χ2v) is 11.9. The fourth-order valence-corrected chi connectivity index (χ4v) is 6.24. The number of rotatable bonds is 14. The van der Waals surface area contributed by atoms with Gasteiger partial charge in [0.05, 0.1) is 42.9 Å². The number of hydroxylamine groups is 1. The van der Waals surface area contributed by atoms with E-state index >= 15 is 0 Å². The quantitative estimate of drug-likeness (QED) is 0.289. The number of hydrogen-bond donors (Lipinski definition) is 3. The van der Waals surface area contributed by atoms with Crippen molar-refractivity contribution in [3.05, 3.63) is 60.2 Å². The summed E-state index contributed by atoms with van der Waals surface area (Å²) >= 11 is 0. The van der Waals surface area contributed by atoms with Gasteiger partial charge in [0.15, 0.2) is 0 Å². The van der Waals surface area contributed by atoms with Crippen molar-refractivity contribution in [3.63, 3.8) is 0 Å². The van der Waals surface area contributed by atoms with E-state index in [0.29, 0.717) is 45.0 Å². The lowest BCUT2D eigenvalue weighted by Gasteiger charge is -2.30. The Morgan fingerprint density at radius 1 is 1.10 bits per heavy atom. The fourth-order valence-electron chi connectivity index (χ4n) is 4.91. The van der Waals surface area contributed by atoms with Crippen LogP contribution in [0.3, 0.4) is 0 Å². The summed E-state index contributed by atoms with van der Waals surface area (Å²) in [6, 6.07) is 14.3. The summed E-state index contributed by atoms with van der Waals surface area (Å²) in [5, 5.41) is 22.8. The number of sulfonamides is 1. The summed E-state index contributed by atoms with van der Waals surface area (Å²) < 4.78 is 39.7. The Morgan fingerprint density at radius 3 is 2.52 bits per heavy atom. The van der Waals surface area contributed by atoms with Gasteiger partial charge >= 0.3 is 6.09 Å². The number of hydrogen-bond acceptors (Lipinski definition) is 8. The highest BCUT2D eigenvalue weighted by Gasteiger charge is 2.34. The number of amides is 1. The van der Waals surface area contributed by atoms with Gasteiger partial charge in [0.25, 0.3) is 10.0 Å². The lowest BCUT2D eigenvalue weighted by molar-refractivity contribution is -0.145. The number of aliphatic hydroxyl groups excluding tert-OH is 1. The van der Waals surface area contributed by atoms with Crippen molar-refractivity contribution in [2.45, 2.75) is 55.2 Å². The standard InChI is InChI=1S/C28H39N3O8S/c32-27(26(29-28(33)34)19-22-7-2-1-3-8-22)21-31(39-23-9-4-5-10-23)40(35,36)25-12-6-11-24(20-25)38-18-15-30-13-16-37-17-14-30/h1-3,6-8,11-12,20,23,26-27,29,32H,4-5,9-10,13-19,21H2,(H,33,34)/t26-,27+/m0/s1. The van der Waals surface area contributed by atoms with Gasteiger partial charge in [-0.3, -0.25) is 9.74 Å². The molecule has 2 atom stereocenters. The van der Waals surface area contributed by atoms with Crippen LogP contribution in [0.2, 0.25) is 0 Å². The van der Waals surface area contributed by atoms with Crippen molar-refractivity contribution >= 4 is 16.1 Å². The number of nitrogens with one attached hydrogen (secondary N) is 1. The van der Waals surface area contributed by atoms with Crippen LogP contribution in [0.1, 0.15) is 31.2 Å². The van der Waals surface area contributed by atoms with E-state index in [-0.39, 0.29) is 17.4 Å². The topological polar surface area (TPSA) is 138 Å². The number of benzene rings is 2. The van der Waals surface area contributed by atoms with Crippen LogP contribution in [0.4, 0.5) is 4.79 Å². The average molecular weight is 578 g/mol. The van der Waals surface area contributed by atoms with Crippen molar-refractivity contribution in [1.82, 2.24) is 14.7 Å². The van der Waals surface area contributed by atoms with E-state index in [0.717, 1.165) is 36.0 Å². The van der Waals surface area contributed by atoms with Crippen LogP contribution >= 0.6 is 0 Å². The van der Waals surface area contributed by atoms with Gasteiger partial charge < -0.3 is 25.0 Å². The molecular formula is C28H39N3O8S. The number of carboxylic acid groups (broad SMARTS) is 1. The van der Waals surface area contributed by atoms with E-state index in [1.807, 2.05) is 30.3 Å². The molecule has 4 rings (SSSR count). The fraction of sp³-hybridized carbons (Fsp3) is 0.536. The molecule has 40 heavy (non-hydrogen) atoms. The van der Waals surface area contributed by atoms with E-state index in [1.54, 1.807) is 12.1 Å². The first-order valence-corrected chi connectivity index (χ1v) is 15.2. The molecule has 220 valence electrons. The number of nitrogens with zero attached hydrogens (tertiary/aromatic N) is 2. The molecule has 0 radical (unpaired) electrons. The third-order valence-electron chi connectivity index (χ3n) is 7.13. The van der Waals surface area contributed by atoms with Gasteiger partial charge in [-0.15, -0.1) is 0 Å². The van der Waals surface area contributed by atoms with E-state index < -0.39 is 34.8 Å². The van der Waals surface area contributed by atoms with Crippen molar-refractivity contribution in [1.29, 1.82) is 0 Å². The Kier molecular flexibility index (Phi) is 11.2. The second-order valence-electron chi connectivity index (χ2n) is 10.1. The Balaban J connectivity index is 1.49. The molecule has 0 spiro atoms. The molecule has 1 aliphatic heterocycles. The molecule has 11 nitrogen and oxygen atoms in total. The molecule has 0 aromatic heterocycles. The largest absolute Gasteiger partial charge is 0.492 e. The molecule has 2 aromatic rings. The molecule has 0 unspecified atom stereocenters. The lowest BCUT2D eigenvalue weighted by atomic mass is 10.0. The Bertz CT molecular complexity index is 1170. The van der Waals surface area contributed by atoms with Crippen molar-refractivity contribution in [3.8, 4) is 5.75 Å². The molecule has 2 fully saturated rings. The third-order valence-corrected chi connectivity index (χ3v) is 8.75.